The van der Waals surface area contributed by atoms with Crippen LogP contribution in [0.1, 0.15) is 48.0 Å². The van der Waals surface area contributed by atoms with Crippen molar-refractivity contribution >= 4 is 17.7 Å². The van der Waals surface area contributed by atoms with Gasteiger partial charge in [0, 0.05) is 25.3 Å². The number of hydrogen-bond donors (Lipinski definition) is 1. The van der Waals surface area contributed by atoms with Gasteiger partial charge in [-0.3, -0.25) is 9.59 Å². The highest BCUT2D eigenvalue weighted by atomic mass is 19.1. The Kier molecular flexibility index (Phi) is 8.08. The molecule has 4 rings (SSSR count). The Hall–Kier alpha value is -3.74. The molecule has 6 nitrogen and oxygen atoms in total. The van der Waals surface area contributed by atoms with Crippen molar-refractivity contribution in [1.82, 2.24) is 10.3 Å². The minimum Gasteiger partial charge on any atom is -0.469 e. The molecule has 1 heterocycles. The zero-order valence-corrected chi connectivity index (χ0v) is 19.9. The number of halogens is 1. The van der Waals surface area contributed by atoms with Crippen LogP contribution in [0, 0.1) is 5.82 Å². The molecular weight excluding hydrogens is 445 g/mol. The van der Waals surface area contributed by atoms with Gasteiger partial charge in [0.2, 0.25) is 0 Å². The number of rotatable bonds is 9. The number of nitrogens with zero attached hydrogens (tertiary/aromatic N) is 2. The highest BCUT2D eigenvalue weighted by Crippen LogP contribution is 2.29. The van der Waals surface area contributed by atoms with E-state index in [4.69, 9.17) is 0 Å². The molecule has 1 N–H and O–H groups in total. The summed E-state index contributed by atoms with van der Waals surface area (Å²) in [5.74, 6) is -0.0335. The van der Waals surface area contributed by atoms with Crippen molar-refractivity contribution in [2.24, 2.45) is 0 Å². The number of carbonyl (C=O) groups excluding carboxylic acids is 2. The van der Waals surface area contributed by atoms with E-state index in [-0.39, 0.29) is 30.7 Å². The van der Waals surface area contributed by atoms with Gasteiger partial charge < -0.3 is 15.0 Å². The van der Waals surface area contributed by atoms with Crippen LogP contribution >= 0.6 is 0 Å². The second-order valence-electron chi connectivity index (χ2n) is 8.76. The summed E-state index contributed by atoms with van der Waals surface area (Å²) in [6.07, 6.45) is 6.35. The van der Waals surface area contributed by atoms with Crippen molar-refractivity contribution in [3.63, 3.8) is 0 Å². The van der Waals surface area contributed by atoms with Crippen molar-refractivity contribution < 1.29 is 18.7 Å². The molecule has 1 saturated carbocycles. The minimum atomic E-state index is -0.364. The fourth-order valence-corrected chi connectivity index (χ4v) is 4.43. The van der Waals surface area contributed by atoms with Crippen LogP contribution in [-0.2, 0) is 16.1 Å². The first-order valence-electron chi connectivity index (χ1n) is 12.0. The van der Waals surface area contributed by atoms with Crippen molar-refractivity contribution in [3.05, 3.63) is 83.8 Å². The predicted octanol–water partition coefficient (Wildman–Crippen LogP) is 5.13. The lowest BCUT2D eigenvalue weighted by atomic mass is 10.0. The molecule has 1 fully saturated rings. The predicted molar refractivity (Wildman–Crippen MR) is 133 cm³/mol. The number of amides is 1. The van der Waals surface area contributed by atoms with Crippen LogP contribution in [0.5, 0.6) is 0 Å². The number of aromatic nitrogens is 1. The van der Waals surface area contributed by atoms with Crippen LogP contribution in [0.2, 0.25) is 0 Å². The van der Waals surface area contributed by atoms with E-state index in [1.165, 1.54) is 32.1 Å². The number of benzene rings is 2. The molecule has 2 aromatic carbocycles. The molecule has 182 valence electrons. The number of esters is 1. The lowest BCUT2D eigenvalue weighted by Crippen LogP contribution is -2.33. The number of methoxy groups -OCH3 is 1. The Bertz CT molecular complexity index is 1130. The van der Waals surface area contributed by atoms with Crippen molar-refractivity contribution in [2.75, 3.05) is 18.6 Å². The third kappa shape index (κ3) is 6.44. The van der Waals surface area contributed by atoms with Crippen LogP contribution < -0.4 is 10.2 Å². The number of anilines is 1. The molecule has 0 radical (unpaired) electrons. The molecule has 7 heteroatoms. The zero-order chi connectivity index (χ0) is 24.6. The summed E-state index contributed by atoms with van der Waals surface area (Å²) < 4.78 is 17.8. The maximum atomic E-state index is 13.2. The summed E-state index contributed by atoms with van der Waals surface area (Å²) >= 11 is 0. The number of pyridine rings is 1. The van der Waals surface area contributed by atoms with Gasteiger partial charge >= 0.3 is 5.97 Å². The van der Waals surface area contributed by atoms with E-state index in [1.54, 1.807) is 24.4 Å². The van der Waals surface area contributed by atoms with Gasteiger partial charge in [-0.15, -0.1) is 0 Å². The minimum absolute atomic E-state index is 0.128. The second kappa shape index (κ2) is 11.6. The van der Waals surface area contributed by atoms with Gasteiger partial charge in [-0.25, -0.2) is 9.37 Å². The summed E-state index contributed by atoms with van der Waals surface area (Å²) in [4.78, 5) is 30.5. The molecule has 1 aliphatic carbocycles. The maximum absolute atomic E-state index is 13.2. The van der Waals surface area contributed by atoms with E-state index in [0.29, 0.717) is 18.2 Å². The van der Waals surface area contributed by atoms with Crippen molar-refractivity contribution in [1.29, 1.82) is 0 Å². The van der Waals surface area contributed by atoms with E-state index in [0.717, 1.165) is 35.3 Å². The first-order chi connectivity index (χ1) is 17.0. The van der Waals surface area contributed by atoms with Crippen LogP contribution in [-0.4, -0.2) is 36.6 Å². The van der Waals surface area contributed by atoms with Crippen molar-refractivity contribution in [3.8, 4) is 11.1 Å². The fourth-order valence-electron chi connectivity index (χ4n) is 4.43. The molecule has 0 unspecified atom stereocenters. The second-order valence-corrected chi connectivity index (χ2v) is 8.76. The van der Waals surface area contributed by atoms with Gasteiger partial charge in [0.05, 0.1) is 19.1 Å². The van der Waals surface area contributed by atoms with Gasteiger partial charge in [-0.05, 0) is 53.8 Å². The summed E-state index contributed by atoms with van der Waals surface area (Å²) in [7, 11) is 1.32. The number of carbonyl (C=O) groups is 2. The summed E-state index contributed by atoms with van der Waals surface area (Å²) in [6.45, 7) is 0.932. The number of nitrogens with one attached hydrogen (secondary N) is 1. The Morgan fingerprint density at radius 1 is 1.00 bits per heavy atom. The van der Waals surface area contributed by atoms with Gasteiger partial charge in [0.15, 0.2) is 0 Å². The first-order valence-corrected chi connectivity index (χ1v) is 12.0. The molecule has 0 saturated heterocycles. The molecule has 35 heavy (non-hydrogen) atoms. The highest BCUT2D eigenvalue weighted by Gasteiger charge is 2.24. The first kappa shape index (κ1) is 24.4. The van der Waals surface area contributed by atoms with Gasteiger partial charge in [0.25, 0.3) is 5.91 Å². The summed E-state index contributed by atoms with van der Waals surface area (Å²) in [5.41, 5.74) is 3.64. The Labute approximate surface area is 205 Å². The summed E-state index contributed by atoms with van der Waals surface area (Å²) in [6, 6.07) is 18.9. The van der Waals surface area contributed by atoms with Gasteiger partial charge in [-0.1, -0.05) is 49.2 Å². The molecule has 3 aromatic rings. The Morgan fingerprint density at radius 3 is 2.26 bits per heavy atom. The largest absolute Gasteiger partial charge is 0.469 e. The maximum Gasteiger partial charge on any atom is 0.307 e. The monoisotopic (exact) mass is 475 g/mol. The topological polar surface area (TPSA) is 71.5 Å². The van der Waals surface area contributed by atoms with Gasteiger partial charge in [-0.2, -0.15) is 0 Å². The average Bonchev–Trinajstić information content (AvgIpc) is 3.43. The van der Waals surface area contributed by atoms with E-state index >= 15 is 0 Å². The molecule has 1 aliphatic rings. The molecule has 0 bridgehead atoms. The lowest BCUT2D eigenvalue weighted by Gasteiger charge is -2.30. The fraction of sp³-hybridized carbons (Fsp3) is 0.321. The van der Waals surface area contributed by atoms with E-state index in [9.17, 15) is 14.0 Å². The third-order valence-electron chi connectivity index (χ3n) is 6.40. The number of hydrogen-bond acceptors (Lipinski definition) is 5. The molecule has 0 atom stereocenters. The molecule has 0 spiro atoms. The van der Waals surface area contributed by atoms with Crippen molar-refractivity contribution in [2.45, 2.75) is 44.7 Å². The van der Waals surface area contributed by atoms with Gasteiger partial charge in [0.1, 0.15) is 11.6 Å². The van der Waals surface area contributed by atoms with Crippen LogP contribution in [0.25, 0.3) is 11.1 Å². The van der Waals surface area contributed by atoms with E-state index < -0.39 is 0 Å². The third-order valence-corrected chi connectivity index (χ3v) is 6.40. The Balaban J connectivity index is 1.45. The molecular formula is C28H30FN3O3. The zero-order valence-electron chi connectivity index (χ0n) is 19.9. The molecule has 1 amide bonds. The van der Waals surface area contributed by atoms with E-state index in [1.807, 2.05) is 6.07 Å². The quantitative estimate of drug-likeness (QED) is 0.435. The summed E-state index contributed by atoms with van der Waals surface area (Å²) in [5, 5.41) is 2.72. The average molecular weight is 476 g/mol. The lowest BCUT2D eigenvalue weighted by molar-refractivity contribution is -0.140. The van der Waals surface area contributed by atoms with Crippen LogP contribution in [0.4, 0.5) is 10.2 Å². The number of ether oxygens (including phenoxy) is 1. The normalized spacial score (nSPS) is 13.4. The standard InChI is InChI=1S/C28H30FN3O3/c1-35-27(33)16-17-30-28(34)23-12-15-26(31-18-23)32(25-4-2-3-5-25)19-20-6-8-21(9-7-20)22-10-13-24(29)14-11-22/h6-15,18,25H,2-5,16-17,19H2,1H3,(H,30,34). The highest BCUT2D eigenvalue weighted by molar-refractivity contribution is 5.94. The Morgan fingerprint density at radius 2 is 1.66 bits per heavy atom. The molecule has 1 aromatic heterocycles. The molecule has 0 aliphatic heterocycles. The SMILES string of the molecule is COC(=O)CCNC(=O)c1ccc(N(Cc2ccc(-c3ccc(F)cc3)cc2)C2CCCC2)nc1. The van der Waals surface area contributed by atoms with Crippen LogP contribution in [0.3, 0.4) is 0 Å². The van der Waals surface area contributed by atoms with E-state index in [2.05, 4.69) is 44.2 Å². The van der Waals surface area contributed by atoms with Crippen LogP contribution in [0.15, 0.2) is 66.9 Å². The smallest absolute Gasteiger partial charge is 0.307 e.